The highest BCUT2D eigenvalue weighted by molar-refractivity contribution is 5.97. The number of amides is 1. The number of nitrogens with one attached hydrogen (secondary N) is 2. The number of carbonyl (C=O) groups is 2. The number of ketones is 1. The second kappa shape index (κ2) is 8.80. The summed E-state index contributed by atoms with van der Waals surface area (Å²) in [7, 11) is 0. The van der Waals surface area contributed by atoms with E-state index in [4.69, 9.17) is 0 Å². The van der Waals surface area contributed by atoms with Crippen molar-refractivity contribution in [1.29, 1.82) is 0 Å². The fourth-order valence-corrected chi connectivity index (χ4v) is 2.38. The van der Waals surface area contributed by atoms with Crippen LogP contribution in [0.25, 0.3) is 0 Å². The van der Waals surface area contributed by atoms with Gasteiger partial charge in [0.1, 0.15) is 0 Å². The molecule has 1 aliphatic heterocycles. The third-order valence-corrected chi connectivity index (χ3v) is 3.66. The first-order valence-corrected chi connectivity index (χ1v) is 7.25. The highest BCUT2D eigenvalue weighted by atomic mass is 35.5. The molecule has 1 aromatic carbocycles. The summed E-state index contributed by atoms with van der Waals surface area (Å²) in [5.41, 5.74) is 1.82. The van der Waals surface area contributed by atoms with Gasteiger partial charge in [0.05, 0.1) is 0 Å². The van der Waals surface area contributed by atoms with Crippen LogP contribution in [-0.4, -0.2) is 30.8 Å². The van der Waals surface area contributed by atoms with Crippen molar-refractivity contribution < 1.29 is 9.59 Å². The standard InChI is InChI=1S/C16H22N2O2.ClH/c1-12-2-4-13(5-3-12)15(19)6-7-16(20)18-14-8-10-17-11-9-14;/h2-5,14,17H,6-11H2,1H3,(H,18,20);1H. The molecule has 1 aliphatic rings. The minimum Gasteiger partial charge on any atom is -0.353 e. The molecule has 21 heavy (non-hydrogen) atoms. The van der Waals surface area contributed by atoms with Gasteiger partial charge in [0.15, 0.2) is 5.78 Å². The van der Waals surface area contributed by atoms with Crippen LogP contribution in [0.1, 0.15) is 41.6 Å². The predicted octanol–water partition coefficient (Wildman–Crippen LogP) is 2.25. The normalized spacial score (nSPS) is 15.1. The molecular formula is C16H23ClN2O2. The van der Waals surface area contributed by atoms with Crippen LogP contribution in [0.3, 0.4) is 0 Å². The third kappa shape index (κ3) is 5.86. The molecular weight excluding hydrogens is 288 g/mol. The summed E-state index contributed by atoms with van der Waals surface area (Å²) >= 11 is 0. The van der Waals surface area contributed by atoms with Gasteiger partial charge >= 0.3 is 0 Å². The van der Waals surface area contributed by atoms with Crippen LogP contribution in [-0.2, 0) is 4.79 Å². The number of hydrogen-bond acceptors (Lipinski definition) is 3. The van der Waals surface area contributed by atoms with Gasteiger partial charge in [0.25, 0.3) is 0 Å². The van der Waals surface area contributed by atoms with Crippen LogP contribution >= 0.6 is 12.4 Å². The molecule has 0 bridgehead atoms. The molecule has 1 heterocycles. The molecule has 4 nitrogen and oxygen atoms in total. The van der Waals surface area contributed by atoms with Gasteiger partial charge in [-0.15, -0.1) is 12.4 Å². The SMILES string of the molecule is Cc1ccc(C(=O)CCC(=O)NC2CCNCC2)cc1.Cl. The minimum atomic E-state index is -0.0163. The zero-order chi connectivity index (χ0) is 14.4. The lowest BCUT2D eigenvalue weighted by atomic mass is 10.0. The number of hydrogen-bond donors (Lipinski definition) is 2. The van der Waals surface area contributed by atoms with Crippen LogP contribution in [0.4, 0.5) is 0 Å². The van der Waals surface area contributed by atoms with Crippen molar-refractivity contribution in [1.82, 2.24) is 10.6 Å². The Labute approximate surface area is 132 Å². The molecule has 0 radical (unpaired) electrons. The molecule has 1 saturated heterocycles. The highest BCUT2D eigenvalue weighted by Crippen LogP contribution is 2.08. The summed E-state index contributed by atoms with van der Waals surface area (Å²) in [6, 6.07) is 7.74. The van der Waals surface area contributed by atoms with Gasteiger partial charge in [-0.25, -0.2) is 0 Å². The number of aryl methyl sites for hydroxylation is 1. The maximum Gasteiger partial charge on any atom is 0.220 e. The number of halogens is 1. The Morgan fingerprint density at radius 3 is 2.38 bits per heavy atom. The number of carbonyl (C=O) groups excluding carboxylic acids is 2. The molecule has 1 fully saturated rings. The van der Waals surface area contributed by atoms with Gasteiger partial charge < -0.3 is 10.6 Å². The van der Waals surface area contributed by atoms with Gasteiger partial charge in [-0.2, -0.15) is 0 Å². The molecule has 1 amide bonds. The van der Waals surface area contributed by atoms with Gasteiger partial charge in [0, 0.05) is 24.4 Å². The minimum absolute atomic E-state index is 0. The Balaban J connectivity index is 0.00000220. The monoisotopic (exact) mass is 310 g/mol. The van der Waals surface area contributed by atoms with Crippen LogP contribution < -0.4 is 10.6 Å². The average molecular weight is 311 g/mol. The molecule has 0 aliphatic carbocycles. The molecule has 1 aromatic rings. The van der Waals surface area contributed by atoms with E-state index in [1.54, 1.807) is 0 Å². The van der Waals surface area contributed by atoms with E-state index in [0.29, 0.717) is 5.56 Å². The Morgan fingerprint density at radius 2 is 1.76 bits per heavy atom. The Hall–Kier alpha value is -1.39. The number of benzene rings is 1. The van der Waals surface area contributed by atoms with Gasteiger partial charge in [0.2, 0.25) is 5.91 Å². The summed E-state index contributed by atoms with van der Waals surface area (Å²) in [6.07, 6.45) is 2.49. The summed E-state index contributed by atoms with van der Waals surface area (Å²) in [5.74, 6) is 0.0165. The molecule has 0 spiro atoms. The summed E-state index contributed by atoms with van der Waals surface area (Å²) in [6.45, 7) is 3.89. The van der Waals surface area contributed by atoms with E-state index in [1.165, 1.54) is 0 Å². The Morgan fingerprint density at radius 1 is 1.14 bits per heavy atom. The first kappa shape index (κ1) is 17.7. The second-order valence-electron chi connectivity index (χ2n) is 5.38. The van der Waals surface area contributed by atoms with Crippen molar-refractivity contribution in [2.24, 2.45) is 0 Å². The lowest BCUT2D eigenvalue weighted by molar-refractivity contribution is -0.121. The molecule has 2 rings (SSSR count). The first-order valence-electron chi connectivity index (χ1n) is 7.25. The van der Waals surface area contributed by atoms with E-state index >= 15 is 0 Å². The maximum atomic E-state index is 12.0. The summed E-state index contributed by atoms with van der Waals surface area (Å²) in [5, 5.41) is 6.26. The van der Waals surface area contributed by atoms with Crippen LogP contribution in [0, 0.1) is 6.92 Å². The van der Waals surface area contributed by atoms with Gasteiger partial charge in [-0.05, 0) is 32.9 Å². The molecule has 0 unspecified atom stereocenters. The van der Waals surface area contributed by atoms with Gasteiger partial charge in [-0.3, -0.25) is 9.59 Å². The van der Waals surface area contributed by atoms with Crippen molar-refractivity contribution in [3.63, 3.8) is 0 Å². The largest absolute Gasteiger partial charge is 0.353 e. The van der Waals surface area contributed by atoms with E-state index in [2.05, 4.69) is 10.6 Å². The molecule has 0 aromatic heterocycles. The van der Waals surface area contributed by atoms with E-state index in [0.717, 1.165) is 31.5 Å². The average Bonchev–Trinajstić information content (AvgIpc) is 2.46. The molecule has 2 N–H and O–H groups in total. The number of Topliss-reactive ketones (excluding diaryl/α,β-unsaturated/α-hetero) is 1. The van der Waals surface area contributed by atoms with Crippen molar-refractivity contribution >= 4 is 24.1 Å². The molecule has 0 saturated carbocycles. The van der Waals surface area contributed by atoms with E-state index in [9.17, 15) is 9.59 Å². The van der Waals surface area contributed by atoms with Crippen LogP contribution in [0.5, 0.6) is 0 Å². The van der Waals surface area contributed by atoms with Gasteiger partial charge in [-0.1, -0.05) is 29.8 Å². The van der Waals surface area contributed by atoms with Crippen LogP contribution in [0.15, 0.2) is 24.3 Å². The van der Waals surface area contributed by atoms with E-state index in [-0.39, 0.29) is 43.0 Å². The fraction of sp³-hybridized carbons (Fsp3) is 0.500. The summed E-state index contributed by atoms with van der Waals surface area (Å²) < 4.78 is 0. The highest BCUT2D eigenvalue weighted by Gasteiger charge is 2.16. The molecule has 0 atom stereocenters. The van der Waals surface area contributed by atoms with Crippen molar-refractivity contribution in [3.8, 4) is 0 Å². The van der Waals surface area contributed by atoms with E-state index in [1.807, 2.05) is 31.2 Å². The molecule has 116 valence electrons. The second-order valence-corrected chi connectivity index (χ2v) is 5.38. The topological polar surface area (TPSA) is 58.2 Å². The van der Waals surface area contributed by atoms with Crippen molar-refractivity contribution in [3.05, 3.63) is 35.4 Å². The lowest BCUT2D eigenvalue weighted by Crippen LogP contribution is -2.42. The fourth-order valence-electron chi connectivity index (χ4n) is 2.38. The van der Waals surface area contributed by atoms with E-state index < -0.39 is 0 Å². The quantitative estimate of drug-likeness (QED) is 0.820. The number of piperidine rings is 1. The maximum absolute atomic E-state index is 12.0. The Kier molecular flexibility index (Phi) is 7.40. The van der Waals surface area contributed by atoms with Crippen LogP contribution in [0.2, 0.25) is 0 Å². The Bertz CT molecular complexity index is 468. The van der Waals surface area contributed by atoms with Crippen molar-refractivity contribution in [2.75, 3.05) is 13.1 Å². The third-order valence-electron chi connectivity index (χ3n) is 3.66. The summed E-state index contributed by atoms with van der Waals surface area (Å²) in [4.78, 5) is 23.8. The predicted molar refractivity (Wildman–Crippen MR) is 86.0 cm³/mol. The zero-order valence-electron chi connectivity index (χ0n) is 12.4. The molecule has 5 heteroatoms. The lowest BCUT2D eigenvalue weighted by Gasteiger charge is -2.23. The zero-order valence-corrected chi connectivity index (χ0v) is 13.2. The smallest absolute Gasteiger partial charge is 0.220 e. The van der Waals surface area contributed by atoms with Crippen molar-refractivity contribution in [2.45, 2.75) is 38.6 Å². The first-order chi connectivity index (χ1) is 9.65. The number of rotatable bonds is 5.